The average molecular weight is 356 g/mol. The third-order valence-electron chi connectivity index (χ3n) is 3.72. The van der Waals surface area contributed by atoms with Crippen molar-refractivity contribution in [1.29, 1.82) is 0 Å². The highest BCUT2D eigenvalue weighted by molar-refractivity contribution is 5.67. The third kappa shape index (κ3) is 7.15. The smallest absolute Gasteiger partial charge is 0.407 e. The maximum Gasteiger partial charge on any atom is 0.407 e. The van der Waals surface area contributed by atoms with Gasteiger partial charge in [-0.1, -0.05) is 42.5 Å². The van der Waals surface area contributed by atoms with E-state index in [1.54, 1.807) is 0 Å². The number of rotatable bonds is 7. The van der Waals surface area contributed by atoms with Crippen molar-refractivity contribution in [2.24, 2.45) is 0 Å². The lowest BCUT2D eigenvalue weighted by molar-refractivity contribution is 0.0528. The molecule has 0 aliphatic carbocycles. The molecule has 0 radical (unpaired) electrons. The number of aliphatic hydroxyl groups is 1. The van der Waals surface area contributed by atoms with Crippen molar-refractivity contribution in [3.05, 3.63) is 65.7 Å². The Morgan fingerprint density at radius 1 is 1.08 bits per heavy atom. The van der Waals surface area contributed by atoms with Crippen LogP contribution in [0.3, 0.4) is 0 Å². The van der Waals surface area contributed by atoms with E-state index in [0.717, 1.165) is 23.2 Å². The van der Waals surface area contributed by atoms with E-state index in [-0.39, 0.29) is 0 Å². The molecular weight excluding hydrogens is 328 g/mol. The molecule has 0 aromatic heterocycles. The Kier molecular flexibility index (Phi) is 7.04. The number of amides is 1. The fraction of sp³-hybridized carbons (Fsp3) is 0.381. The highest BCUT2D eigenvalue weighted by Crippen LogP contribution is 2.15. The summed E-state index contributed by atoms with van der Waals surface area (Å²) in [7, 11) is 0. The molecule has 0 fully saturated rings. The lowest BCUT2D eigenvalue weighted by Crippen LogP contribution is -2.33. The van der Waals surface area contributed by atoms with E-state index in [2.05, 4.69) is 10.6 Å². The van der Waals surface area contributed by atoms with Crippen LogP contribution in [0, 0.1) is 0 Å². The second-order valence-electron chi connectivity index (χ2n) is 7.18. The van der Waals surface area contributed by atoms with Crippen LogP contribution in [-0.2, 0) is 11.2 Å². The van der Waals surface area contributed by atoms with Gasteiger partial charge in [-0.15, -0.1) is 0 Å². The topological polar surface area (TPSA) is 70.6 Å². The van der Waals surface area contributed by atoms with Gasteiger partial charge in [0, 0.05) is 18.8 Å². The molecule has 0 aliphatic rings. The summed E-state index contributed by atoms with van der Waals surface area (Å²) in [6, 6.07) is 17.5. The molecule has 1 unspecified atom stereocenters. The molecule has 0 spiro atoms. The van der Waals surface area contributed by atoms with Crippen LogP contribution in [0.25, 0.3) is 0 Å². The number of aliphatic hydroxyl groups excluding tert-OH is 1. The van der Waals surface area contributed by atoms with Crippen molar-refractivity contribution in [2.45, 2.75) is 38.9 Å². The van der Waals surface area contributed by atoms with E-state index >= 15 is 0 Å². The summed E-state index contributed by atoms with van der Waals surface area (Å²) in [4.78, 5) is 11.6. The molecule has 5 nitrogen and oxygen atoms in total. The molecule has 0 heterocycles. The molecule has 2 aromatic carbocycles. The molecule has 0 saturated heterocycles. The van der Waals surface area contributed by atoms with Gasteiger partial charge in [-0.3, -0.25) is 0 Å². The Labute approximate surface area is 155 Å². The summed E-state index contributed by atoms with van der Waals surface area (Å²) in [6.45, 7) is 6.49. The first kappa shape index (κ1) is 19.8. The van der Waals surface area contributed by atoms with Gasteiger partial charge in [-0.05, 0) is 50.5 Å². The zero-order valence-electron chi connectivity index (χ0n) is 15.7. The van der Waals surface area contributed by atoms with Crippen molar-refractivity contribution in [2.75, 3.05) is 18.4 Å². The highest BCUT2D eigenvalue weighted by atomic mass is 16.6. The molecule has 0 bridgehead atoms. The fourth-order valence-corrected chi connectivity index (χ4v) is 2.42. The van der Waals surface area contributed by atoms with E-state index in [0.29, 0.717) is 13.1 Å². The van der Waals surface area contributed by atoms with Gasteiger partial charge in [0.25, 0.3) is 0 Å². The maximum absolute atomic E-state index is 11.6. The maximum atomic E-state index is 11.6. The Balaban J connectivity index is 1.73. The molecule has 1 amide bonds. The Hall–Kier alpha value is -2.53. The van der Waals surface area contributed by atoms with Gasteiger partial charge in [0.15, 0.2) is 0 Å². The third-order valence-corrected chi connectivity index (χ3v) is 3.72. The summed E-state index contributed by atoms with van der Waals surface area (Å²) in [6.07, 6.45) is -0.216. The number of hydrogen-bond donors (Lipinski definition) is 3. The molecule has 2 aromatic rings. The van der Waals surface area contributed by atoms with E-state index in [4.69, 9.17) is 4.74 Å². The molecule has 140 valence electrons. The van der Waals surface area contributed by atoms with Crippen LogP contribution in [0.15, 0.2) is 54.6 Å². The number of hydrogen-bond acceptors (Lipinski definition) is 4. The first-order valence-corrected chi connectivity index (χ1v) is 8.86. The fourth-order valence-electron chi connectivity index (χ4n) is 2.42. The van der Waals surface area contributed by atoms with Crippen molar-refractivity contribution < 1.29 is 14.6 Å². The van der Waals surface area contributed by atoms with E-state index in [9.17, 15) is 9.90 Å². The van der Waals surface area contributed by atoms with Crippen molar-refractivity contribution >= 4 is 11.8 Å². The lowest BCUT2D eigenvalue weighted by atomic mass is 10.1. The van der Waals surface area contributed by atoms with E-state index in [1.807, 2.05) is 75.4 Å². The monoisotopic (exact) mass is 356 g/mol. The lowest BCUT2D eigenvalue weighted by Gasteiger charge is -2.19. The van der Waals surface area contributed by atoms with Crippen LogP contribution in [0.5, 0.6) is 0 Å². The van der Waals surface area contributed by atoms with E-state index in [1.165, 1.54) is 0 Å². The van der Waals surface area contributed by atoms with Crippen LogP contribution in [0.4, 0.5) is 10.5 Å². The molecule has 5 heteroatoms. The molecule has 3 N–H and O–H groups in total. The zero-order chi connectivity index (χ0) is 19.0. The van der Waals surface area contributed by atoms with Gasteiger partial charge >= 0.3 is 6.09 Å². The number of carbonyl (C=O) groups excluding carboxylic acids is 1. The molecule has 26 heavy (non-hydrogen) atoms. The first-order chi connectivity index (χ1) is 12.3. The molecule has 0 saturated carbocycles. The number of ether oxygens (including phenoxy) is 1. The quantitative estimate of drug-likeness (QED) is 0.704. The van der Waals surface area contributed by atoms with Gasteiger partial charge in [0.1, 0.15) is 5.60 Å². The molecular formula is C21H28N2O3. The molecule has 0 aliphatic heterocycles. The van der Waals surface area contributed by atoms with Crippen LogP contribution < -0.4 is 10.6 Å². The number of carbonyl (C=O) groups is 1. The minimum Gasteiger partial charge on any atom is -0.444 e. The zero-order valence-corrected chi connectivity index (χ0v) is 15.7. The Bertz CT molecular complexity index is 679. The molecule has 2 rings (SSSR count). The first-order valence-electron chi connectivity index (χ1n) is 8.86. The predicted octanol–water partition coefficient (Wildman–Crippen LogP) is 3.90. The van der Waals surface area contributed by atoms with Crippen LogP contribution in [0.2, 0.25) is 0 Å². The summed E-state index contributed by atoms with van der Waals surface area (Å²) in [5.74, 6) is 0. The van der Waals surface area contributed by atoms with Gasteiger partial charge in [-0.2, -0.15) is 0 Å². The highest BCUT2D eigenvalue weighted by Gasteiger charge is 2.15. The number of alkyl carbamates (subject to hydrolysis) is 1. The number of anilines is 1. The summed E-state index contributed by atoms with van der Waals surface area (Å²) in [5, 5.41) is 16.2. The summed E-state index contributed by atoms with van der Waals surface area (Å²) in [5.41, 5.74) is 2.48. The van der Waals surface area contributed by atoms with Gasteiger partial charge in [-0.25, -0.2) is 4.79 Å². The normalized spacial score (nSPS) is 12.3. The minimum atomic E-state index is -0.547. The SMILES string of the molecule is CC(C)(C)OC(=O)NCCc1ccc(NCC(O)c2ccccc2)cc1. The number of nitrogens with one attached hydrogen (secondary N) is 2. The second-order valence-corrected chi connectivity index (χ2v) is 7.18. The van der Waals surface area contributed by atoms with Gasteiger partial charge < -0.3 is 20.5 Å². The second kappa shape index (κ2) is 9.25. The van der Waals surface area contributed by atoms with Crippen molar-refractivity contribution in [1.82, 2.24) is 5.32 Å². The van der Waals surface area contributed by atoms with Gasteiger partial charge in [0.2, 0.25) is 0 Å². The standard InChI is InChI=1S/C21H28N2O3/c1-21(2,3)26-20(25)22-14-13-16-9-11-18(12-10-16)23-15-19(24)17-7-5-4-6-8-17/h4-12,19,23-24H,13-15H2,1-3H3,(H,22,25). The minimum absolute atomic E-state index is 0.398. The van der Waals surface area contributed by atoms with Crippen LogP contribution >= 0.6 is 0 Å². The number of benzene rings is 2. The summed E-state index contributed by atoms with van der Waals surface area (Å²) >= 11 is 0. The average Bonchev–Trinajstić information content (AvgIpc) is 2.60. The van der Waals surface area contributed by atoms with Crippen molar-refractivity contribution in [3.63, 3.8) is 0 Å². The largest absolute Gasteiger partial charge is 0.444 e. The molecule has 1 atom stereocenters. The Morgan fingerprint density at radius 3 is 2.35 bits per heavy atom. The summed E-state index contributed by atoms with van der Waals surface area (Å²) < 4.78 is 5.20. The van der Waals surface area contributed by atoms with E-state index < -0.39 is 17.8 Å². The van der Waals surface area contributed by atoms with Crippen LogP contribution in [0.1, 0.15) is 38.0 Å². The Morgan fingerprint density at radius 2 is 1.73 bits per heavy atom. The van der Waals surface area contributed by atoms with Gasteiger partial charge in [0.05, 0.1) is 6.10 Å². The predicted molar refractivity (Wildman–Crippen MR) is 104 cm³/mol. The van der Waals surface area contributed by atoms with Crippen molar-refractivity contribution in [3.8, 4) is 0 Å². The van der Waals surface area contributed by atoms with Crippen LogP contribution in [-0.4, -0.2) is 29.9 Å².